The molecule has 0 saturated carbocycles. The van der Waals surface area contributed by atoms with E-state index in [0.717, 1.165) is 5.56 Å². The molecule has 1 heterocycles. The average Bonchev–Trinajstić information content (AvgIpc) is 2.96. The molecule has 0 unspecified atom stereocenters. The number of likely N-dealkylation sites (N-methyl/N-ethyl adjacent to an activating group) is 1. The summed E-state index contributed by atoms with van der Waals surface area (Å²) in [6, 6.07) is 9.25. The highest BCUT2D eigenvalue weighted by molar-refractivity contribution is 5.94. The zero-order valence-corrected chi connectivity index (χ0v) is 11.5. The van der Waals surface area contributed by atoms with Gasteiger partial charge in [0.1, 0.15) is 6.04 Å². The van der Waals surface area contributed by atoms with Crippen molar-refractivity contribution in [1.82, 2.24) is 9.80 Å². The first-order valence-electron chi connectivity index (χ1n) is 6.52. The molecule has 0 N–H and O–H groups in total. The molecule has 0 bridgehead atoms. The number of hydrogen-bond donors (Lipinski definition) is 0. The van der Waals surface area contributed by atoms with Gasteiger partial charge in [-0.05, 0) is 11.6 Å². The van der Waals surface area contributed by atoms with Crippen molar-refractivity contribution in [2.45, 2.75) is 12.6 Å². The van der Waals surface area contributed by atoms with Gasteiger partial charge in [0, 0.05) is 20.1 Å². The third-order valence-electron chi connectivity index (χ3n) is 3.31. The predicted octanol–water partition coefficient (Wildman–Crippen LogP) is 1.60. The van der Waals surface area contributed by atoms with Crippen LogP contribution in [0.3, 0.4) is 0 Å². The number of carbonyl (C=O) groups excluding carboxylic acids is 2. The summed E-state index contributed by atoms with van der Waals surface area (Å²) < 4.78 is 0. The van der Waals surface area contributed by atoms with E-state index in [2.05, 4.69) is 6.58 Å². The molecule has 1 aromatic rings. The van der Waals surface area contributed by atoms with E-state index in [1.54, 1.807) is 18.0 Å². The lowest BCUT2D eigenvalue weighted by Gasteiger charge is -2.27. The van der Waals surface area contributed by atoms with E-state index in [9.17, 15) is 9.59 Å². The minimum absolute atomic E-state index is 0.0854. The van der Waals surface area contributed by atoms with Gasteiger partial charge >= 0.3 is 0 Å². The normalized spacial score (nSPS) is 17.1. The Balaban J connectivity index is 2.04. The van der Waals surface area contributed by atoms with Gasteiger partial charge in [-0.2, -0.15) is 0 Å². The molecule has 0 aromatic heterocycles. The van der Waals surface area contributed by atoms with E-state index in [-0.39, 0.29) is 11.8 Å². The van der Waals surface area contributed by atoms with Gasteiger partial charge in [0.25, 0.3) is 0 Å². The molecule has 0 spiro atoms. The van der Waals surface area contributed by atoms with Crippen LogP contribution in [0.1, 0.15) is 5.56 Å². The van der Waals surface area contributed by atoms with Crippen LogP contribution in [0.25, 0.3) is 0 Å². The third-order valence-corrected chi connectivity index (χ3v) is 3.31. The molecule has 4 nitrogen and oxygen atoms in total. The van der Waals surface area contributed by atoms with Gasteiger partial charge in [0.2, 0.25) is 11.8 Å². The maximum Gasteiger partial charge on any atom is 0.249 e. The Morgan fingerprint density at radius 1 is 1.40 bits per heavy atom. The summed E-state index contributed by atoms with van der Waals surface area (Å²) >= 11 is 0. The highest BCUT2D eigenvalue weighted by Crippen LogP contribution is 2.14. The smallest absolute Gasteiger partial charge is 0.249 e. The first-order valence-corrected chi connectivity index (χ1v) is 6.52. The second-order valence-corrected chi connectivity index (χ2v) is 4.75. The Morgan fingerprint density at radius 2 is 2.10 bits per heavy atom. The Labute approximate surface area is 119 Å². The monoisotopic (exact) mass is 270 g/mol. The van der Waals surface area contributed by atoms with Gasteiger partial charge in [0.05, 0.1) is 0 Å². The van der Waals surface area contributed by atoms with Gasteiger partial charge in [-0.3, -0.25) is 9.59 Å². The van der Waals surface area contributed by atoms with Gasteiger partial charge in [-0.15, -0.1) is 0 Å². The van der Waals surface area contributed by atoms with E-state index < -0.39 is 6.04 Å². The SMILES string of the molecule is C=CC(=O)N1CC=C[C@H]1C(=O)N(C)Cc1ccccc1. The second kappa shape index (κ2) is 6.19. The quantitative estimate of drug-likeness (QED) is 0.616. The van der Waals surface area contributed by atoms with Gasteiger partial charge in [-0.1, -0.05) is 49.1 Å². The second-order valence-electron chi connectivity index (χ2n) is 4.75. The minimum Gasteiger partial charge on any atom is -0.339 e. The molecule has 0 saturated heterocycles. The van der Waals surface area contributed by atoms with Crippen molar-refractivity contribution in [2.24, 2.45) is 0 Å². The van der Waals surface area contributed by atoms with Crippen LogP contribution in [0.4, 0.5) is 0 Å². The molecule has 0 fully saturated rings. The lowest BCUT2D eigenvalue weighted by molar-refractivity contribution is -0.139. The van der Waals surface area contributed by atoms with Crippen LogP contribution >= 0.6 is 0 Å². The van der Waals surface area contributed by atoms with Crippen molar-refractivity contribution in [1.29, 1.82) is 0 Å². The first-order chi connectivity index (χ1) is 9.63. The molecular weight excluding hydrogens is 252 g/mol. The molecule has 20 heavy (non-hydrogen) atoms. The fraction of sp³-hybridized carbons (Fsp3) is 0.250. The Kier molecular flexibility index (Phi) is 4.35. The third kappa shape index (κ3) is 2.96. The van der Waals surface area contributed by atoms with E-state index >= 15 is 0 Å². The summed E-state index contributed by atoms with van der Waals surface area (Å²) in [6.07, 6.45) is 4.84. The molecule has 0 radical (unpaired) electrons. The molecule has 2 amide bonds. The molecule has 1 aliphatic rings. The summed E-state index contributed by atoms with van der Waals surface area (Å²) in [5, 5.41) is 0. The summed E-state index contributed by atoms with van der Waals surface area (Å²) in [6.45, 7) is 4.45. The van der Waals surface area contributed by atoms with Gasteiger partial charge in [0.15, 0.2) is 0 Å². The first kappa shape index (κ1) is 14.1. The van der Waals surface area contributed by atoms with E-state index in [0.29, 0.717) is 13.1 Å². The molecule has 1 aromatic carbocycles. The zero-order valence-electron chi connectivity index (χ0n) is 11.5. The number of hydrogen-bond acceptors (Lipinski definition) is 2. The highest BCUT2D eigenvalue weighted by atomic mass is 16.2. The lowest BCUT2D eigenvalue weighted by Crippen LogP contribution is -2.46. The van der Waals surface area contributed by atoms with Crippen molar-refractivity contribution in [3.05, 3.63) is 60.7 Å². The Bertz CT molecular complexity index is 537. The van der Waals surface area contributed by atoms with Crippen LogP contribution in [0, 0.1) is 0 Å². The fourth-order valence-corrected chi connectivity index (χ4v) is 2.24. The Hall–Kier alpha value is -2.36. The maximum absolute atomic E-state index is 12.4. The largest absolute Gasteiger partial charge is 0.339 e. The van der Waals surface area contributed by atoms with E-state index in [1.807, 2.05) is 36.4 Å². The van der Waals surface area contributed by atoms with Crippen LogP contribution in [0.2, 0.25) is 0 Å². The number of nitrogens with zero attached hydrogens (tertiary/aromatic N) is 2. The Morgan fingerprint density at radius 3 is 2.75 bits per heavy atom. The summed E-state index contributed by atoms with van der Waals surface area (Å²) in [4.78, 5) is 27.3. The van der Waals surface area contributed by atoms with Crippen LogP contribution < -0.4 is 0 Å². The summed E-state index contributed by atoms with van der Waals surface area (Å²) in [5.41, 5.74) is 1.06. The van der Waals surface area contributed by atoms with Gasteiger partial charge < -0.3 is 9.80 Å². The van der Waals surface area contributed by atoms with Crippen molar-refractivity contribution < 1.29 is 9.59 Å². The van der Waals surface area contributed by atoms with Crippen molar-refractivity contribution in [2.75, 3.05) is 13.6 Å². The van der Waals surface area contributed by atoms with Crippen LogP contribution in [0.5, 0.6) is 0 Å². The van der Waals surface area contributed by atoms with Crippen molar-refractivity contribution in [3.8, 4) is 0 Å². The minimum atomic E-state index is -0.519. The molecule has 1 atom stereocenters. The molecule has 104 valence electrons. The molecule has 1 aliphatic heterocycles. The maximum atomic E-state index is 12.4. The van der Waals surface area contributed by atoms with Crippen LogP contribution in [-0.4, -0.2) is 41.2 Å². The molecule has 0 aliphatic carbocycles. The zero-order chi connectivity index (χ0) is 14.5. The summed E-state index contributed by atoms with van der Waals surface area (Å²) in [5.74, 6) is -0.306. The number of rotatable bonds is 4. The fourth-order valence-electron chi connectivity index (χ4n) is 2.24. The molecular formula is C16H18N2O2. The van der Waals surface area contributed by atoms with Crippen molar-refractivity contribution in [3.63, 3.8) is 0 Å². The highest BCUT2D eigenvalue weighted by Gasteiger charge is 2.31. The topological polar surface area (TPSA) is 40.6 Å². The molecule has 2 rings (SSSR count). The van der Waals surface area contributed by atoms with E-state index in [1.165, 1.54) is 11.0 Å². The lowest BCUT2D eigenvalue weighted by atomic mass is 10.2. The predicted molar refractivity (Wildman–Crippen MR) is 77.8 cm³/mol. The number of amides is 2. The van der Waals surface area contributed by atoms with Gasteiger partial charge in [-0.25, -0.2) is 0 Å². The van der Waals surface area contributed by atoms with E-state index in [4.69, 9.17) is 0 Å². The number of benzene rings is 1. The van der Waals surface area contributed by atoms with Crippen LogP contribution in [-0.2, 0) is 16.1 Å². The molecule has 4 heteroatoms. The standard InChI is InChI=1S/C16H18N2O2/c1-3-15(19)18-11-7-10-14(18)16(20)17(2)12-13-8-5-4-6-9-13/h3-10,14H,1,11-12H2,2H3/t14-/m0/s1. The average molecular weight is 270 g/mol. The number of carbonyl (C=O) groups is 2. The van der Waals surface area contributed by atoms with Crippen molar-refractivity contribution >= 4 is 11.8 Å². The summed E-state index contributed by atoms with van der Waals surface area (Å²) in [7, 11) is 1.75. The van der Waals surface area contributed by atoms with Crippen LogP contribution in [0.15, 0.2) is 55.1 Å².